The first-order chi connectivity index (χ1) is 7.94. The van der Waals surface area contributed by atoms with E-state index in [9.17, 15) is 9.18 Å². The number of fused-ring (bicyclic) bond motifs is 1. The average Bonchev–Trinajstić information content (AvgIpc) is 2.70. The molecule has 17 heavy (non-hydrogen) atoms. The molecular weight excluding hydrogens is 221 g/mol. The molecule has 0 spiro atoms. The number of carbonyl (C=O) groups excluding carboxylic acids is 1. The summed E-state index contributed by atoms with van der Waals surface area (Å²) in [5.41, 5.74) is 5.37. The van der Waals surface area contributed by atoms with E-state index in [0.29, 0.717) is 11.0 Å². The molecule has 0 aliphatic heterocycles. The number of nitrogens with two attached hydrogens (primary N) is 1. The highest BCUT2D eigenvalue weighted by molar-refractivity contribution is 6.01. The zero-order chi connectivity index (χ0) is 12.6. The molecule has 0 bridgehead atoms. The zero-order valence-corrected chi connectivity index (χ0v) is 9.79. The zero-order valence-electron chi connectivity index (χ0n) is 9.79. The number of furan rings is 1. The van der Waals surface area contributed by atoms with Crippen LogP contribution in [0.4, 0.5) is 4.39 Å². The Labute approximate surface area is 98.4 Å². The molecule has 0 aliphatic carbocycles. The van der Waals surface area contributed by atoms with Crippen molar-refractivity contribution in [2.45, 2.75) is 13.8 Å². The second-order valence-electron chi connectivity index (χ2n) is 4.71. The second-order valence-corrected chi connectivity index (χ2v) is 4.71. The second kappa shape index (κ2) is 3.96. The molecular formula is C13H14FNO2. The summed E-state index contributed by atoms with van der Waals surface area (Å²) in [5, 5.41) is 0.584. The van der Waals surface area contributed by atoms with Gasteiger partial charge in [-0.25, -0.2) is 4.39 Å². The van der Waals surface area contributed by atoms with Gasteiger partial charge < -0.3 is 10.2 Å². The van der Waals surface area contributed by atoms with Crippen LogP contribution in [-0.4, -0.2) is 12.3 Å². The van der Waals surface area contributed by atoms with Gasteiger partial charge in [0.2, 0.25) is 5.78 Å². The number of rotatable bonds is 3. The number of ketones is 1. The van der Waals surface area contributed by atoms with Crippen LogP contribution in [0.25, 0.3) is 11.0 Å². The fourth-order valence-corrected chi connectivity index (χ4v) is 1.55. The Kier molecular flexibility index (Phi) is 2.75. The molecule has 0 unspecified atom stereocenters. The molecule has 4 heteroatoms. The number of halogens is 1. The maximum Gasteiger partial charge on any atom is 0.204 e. The maximum absolute atomic E-state index is 13.0. The number of Topliss-reactive ketones (excluding diaryl/α,β-unsaturated/α-hetero) is 1. The molecule has 90 valence electrons. The summed E-state index contributed by atoms with van der Waals surface area (Å²) in [5.74, 6) is -0.298. The maximum atomic E-state index is 13.0. The smallest absolute Gasteiger partial charge is 0.204 e. The van der Waals surface area contributed by atoms with Gasteiger partial charge in [-0.3, -0.25) is 4.79 Å². The van der Waals surface area contributed by atoms with Gasteiger partial charge >= 0.3 is 0 Å². The van der Waals surface area contributed by atoms with Crippen molar-refractivity contribution in [3.05, 3.63) is 35.8 Å². The first-order valence-electron chi connectivity index (χ1n) is 5.38. The Morgan fingerprint density at radius 1 is 1.41 bits per heavy atom. The van der Waals surface area contributed by atoms with E-state index in [1.54, 1.807) is 19.9 Å². The lowest BCUT2D eigenvalue weighted by Crippen LogP contribution is -2.32. The van der Waals surface area contributed by atoms with Crippen molar-refractivity contribution in [2.75, 3.05) is 6.54 Å². The third-order valence-electron chi connectivity index (χ3n) is 2.83. The Hall–Kier alpha value is -1.68. The van der Waals surface area contributed by atoms with Crippen LogP contribution < -0.4 is 5.73 Å². The fraction of sp³-hybridized carbons (Fsp3) is 0.308. The number of hydrogen-bond acceptors (Lipinski definition) is 3. The minimum absolute atomic E-state index is 0.170. The van der Waals surface area contributed by atoms with Crippen molar-refractivity contribution in [1.82, 2.24) is 0 Å². The molecule has 0 radical (unpaired) electrons. The Bertz CT molecular complexity index is 572. The molecule has 0 amide bonds. The lowest BCUT2D eigenvalue weighted by molar-refractivity contribution is 0.0820. The summed E-state index contributed by atoms with van der Waals surface area (Å²) in [4.78, 5) is 12.1. The largest absolute Gasteiger partial charge is 0.453 e. The lowest BCUT2D eigenvalue weighted by atomic mass is 9.87. The van der Waals surface area contributed by atoms with Crippen molar-refractivity contribution >= 4 is 16.8 Å². The molecule has 1 aromatic carbocycles. The molecule has 1 aromatic heterocycles. The van der Waals surface area contributed by atoms with Crippen molar-refractivity contribution in [3.63, 3.8) is 0 Å². The van der Waals surface area contributed by atoms with Gasteiger partial charge in [0.15, 0.2) is 5.76 Å². The molecule has 3 nitrogen and oxygen atoms in total. The highest BCUT2D eigenvalue weighted by Crippen LogP contribution is 2.26. The van der Waals surface area contributed by atoms with Gasteiger partial charge in [0, 0.05) is 17.3 Å². The van der Waals surface area contributed by atoms with Gasteiger partial charge in [-0.15, -0.1) is 0 Å². The van der Waals surface area contributed by atoms with Crippen LogP contribution in [0.2, 0.25) is 0 Å². The molecule has 2 aromatic rings. The third kappa shape index (κ3) is 2.08. The van der Waals surface area contributed by atoms with Gasteiger partial charge in [-0.1, -0.05) is 13.8 Å². The molecule has 2 rings (SSSR count). The summed E-state index contributed by atoms with van der Waals surface area (Å²) >= 11 is 0. The van der Waals surface area contributed by atoms with E-state index in [-0.39, 0.29) is 23.9 Å². The summed E-state index contributed by atoms with van der Waals surface area (Å²) in [7, 11) is 0. The van der Waals surface area contributed by atoms with Gasteiger partial charge in [0.05, 0.1) is 0 Å². The molecule has 0 saturated heterocycles. The Morgan fingerprint density at radius 2 is 2.12 bits per heavy atom. The first kappa shape index (κ1) is 11.8. The van der Waals surface area contributed by atoms with Crippen molar-refractivity contribution in [2.24, 2.45) is 11.1 Å². The lowest BCUT2D eigenvalue weighted by Gasteiger charge is -2.18. The van der Waals surface area contributed by atoms with Crippen LogP contribution in [0.3, 0.4) is 0 Å². The summed E-state index contributed by atoms with van der Waals surface area (Å²) in [6, 6.07) is 5.70. The van der Waals surface area contributed by atoms with E-state index in [1.807, 2.05) is 0 Å². The SMILES string of the molecule is CC(C)(CN)C(=O)c1cc2cc(F)ccc2o1. The van der Waals surface area contributed by atoms with E-state index in [4.69, 9.17) is 10.2 Å². The highest BCUT2D eigenvalue weighted by atomic mass is 19.1. The normalized spacial score (nSPS) is 12.0. The minimum Gasteiger partial charge on any atom is -0.453 e. The fourth-order valence-electron chi connectivity index (χ4n) is 1.55. The molecule has 1 heterocycles. The third-order valence-corrected chi connectivity index (χ3v) is 2.83. The molecule has 0 fully saturated rings. The van der Waals surface area contributed by atoms with Crippen LogP contribution in [0.15, 0.2) is 28.7 Å². The Morgan fingerprint density at radius 3 is 2.76 bits per heavy atom. The highest BCUT2D eigenvalue weighted by Gasteiger charge is 2.29. The van der Waals surface area contributed by atoms with Gasteiger partial charge in [0.25, 0.3) is 0 Å². The average molecular weight is 235 g/mol. The molecule has 0 aliphatic rings. The van der Waals surface area contributed by atoms with E-state index >= 15 is 0 Å². The van der Waals surface area contributed by atoms with Gasteiger partial charge in [0.1, 0.15) is 11.4 Å². The first-order valence-corrected chi connectivity index (χ1v) is 5.38. The van der Waals surface area contributed by atoms with Crippen LogP contribution in [0, 0.1) is 11.2 Å². The molecule has 0 saturated carbocycles. The standard InChI is InChI=1S/C13H14FNO2/c1-13(2,7-15)12(16)11-6-8-5-9(14)3-4-10(8)17-11/h3-6H,7,15H2,1-2H3. The Balaban J connectivity index is 2.47. The molecule has 0 atom stereocenters. The molecule has 2 N–H and O–H groups in total. The monoisotopic (exact) mass is 235 g/mol. The quantitative estimate of drug-likeness (QED) is 0.832. The van der Waals surface area contributed by atoms with Gasteiger partial charge in [-0.05, 0) is 24.3 Å². The van der Waals surface area contributed by atoms with Crippen molar-refractivity contribution in [1.29, 1.82) is 0 Å². The summed E-state index contributed by atoms with van der Waals surface area (Å²) in [6.45, 7) is 3.74. The summed E-state index contributed by atoms with van der Waals surface area (Å²) < 4.78 is 18.4. The van der Waals surface area contributed by atoms with Crippen LogP contribution >= 0.6 is 0 Å². The van der Waals surface area contributed by atoms with E-state index in [1.165, 1.54) is 18.2 Å². The van der Waals surface area contributed by atoms with Crippen molar-refractivity contribution < 1.29 is 13.6 Å². The minimum atomic E-state index is -0.674. The predicted molar refractivity (Wildman–Crippen MR) is 63.3 cm³/mol. The topological polar surface area (TPSA) is 56.2 Å². The number of benzene rings is 1. The van der Waals surface area contributed by atoms with E-state index < -0.39 is 5.41 Å². The van der Waals surface area contributed by atoms with E-state index in [2.05, 4.69) is 0 Å². The predicted octanol–water partition coefficient (Wildman–Crippen LogP) is 2.74. The van der Waals surface area contributed by atoms with Gasteiger partial charge in [-0.2, -0.15) is 0 Å². The number of hydrogen-bond donors (Lipinski definition) is 1. The summed E-state index contributed by atoms with van der Waals surface area (Å²) in [6.07, 6.45) is 0. The van der Waals surface area contributed by atoms with E-state index in [0.717, 1.165) is 0 Å². The van der Waals surface area contributed by atoms with Crippen LogP contribution in [0.5, 0.6) is 0 Å². The van der Waals surface area contributed by atoms with Crippen LogP contribution in [0.1, 0.15) is 24.4 Å². The van der Waals surface area contributed by atoms with Crippen molar-refractivity contribution in [3.8, 4) is 0 Å². The van der Waals surface area contributed by atoms with Crippen LogP contribution in [-0.2, 0) is 0 Å². The number of carbonyl (C=O) groups is 1.